The fourth-order valence-electron chi connectivity index (χ4n) is 1.43. The molecule has 1 aromatic heterocycles. The van der Waals surface area contributed by atoms with Crippen LogP contribution in [0.3, 0.4) is 0 Å². The molecule has 0 atom stereocenters. The van der Waals surface area contributed by atoms with Crippen LogP contribution in [0.15, 0.2) is 40.5 Å². The lowest BCUT2D eigenvalue weighted by molar-refractivity contribution is 0.615. The Balaban J connectivity index is 2.53. The molecule has 2 aromatic rings. The van der Waals surface area contributed by atoms with Crippen LogP contribution in [0.1, 0.15) is 12.5 Å². The summed E-state index contributed by atoms with van der Waals surface area (Å²) in [6.45, 7) is 2.60. The molecule has 2 N–H and O–H groups in total. The Kier molecular flexibility index (Phi) is 2.37. The molecule has 2 heteroatoms. The monoisotopic (exact) mass is 187 g/mol. The predicted molar refractivity (Wildman–Crippen MR) is 58.9 cm³/mol. The van der Waals surface area contributed by atoms with Gasteiger partial charge >= 0.3 is 0 Å². The van der Waals surface area contributed by atoms with Gasteiger partial charge in [-0.2, -0.15) is 0 Å². The minimum atomic E-state index is 0.583. The lowest BCUT2D eigenvalue weighted by atomic mass is 10.1. The first-order chi connectivity index (χ1) is 6.81. The molecule has 0 aliphatic rings. The molecule has 0 spiro atoms. The molecular formula is C12H13NO. The third-order valence-electron chi connectivity index (χ3n) is 2.23. The number of hydrogen-bond acceptors (Lipinski definition) is 2. The zero-order valence-electron chi connectivity index (χ0n) is 8.16. The van der Waals surface area contributed by atoms with Crippen LogP contribution in [-0.4, -0.2) is 6.54 Å². The second kappa shape index (κ2) is 3.68. The van der Waals surface area contributed by atoms with Gasteiger partial charge < -0.3 is 10.2 Å². The van der Waals surface area contributed by atoms with Gasteiger partial charge in [-0.1, -0.05) is 29.8 Å². The molecule has 0 bridgehead atoms. The Morgan fingerprint density at radius 3 is 3.00 bits per heavy atom. The zero-order valence-corrected chi connectivity index (χ0v) is 8.16. The van der Waals surface area contributed by atoms with Crippen LogP contribution < -0.4 is 5.73 Å². The molecule has 0 saturated heterocycles. The highest BCUT2D eigenvalue weighted by molar-refractivity contribution is 5.87. The van der Waals surface area contributed by atoms with Crippen molar-refractivity contribution in [1.82, 2.24) is 0 Å². The smallest absolute Gasteiger partial charge is 0.134 e. The molecule has 0 unspecified atom stereocenters. The number of benzene rings is 1. The maximum Gasteiger partial charge on any atom is 0.134 e. The van der Waals surface area contributed by atoms with E-state index in [1.807, 2.05) is 25.1 Å². The van der Waals surface area contributed by atoms with Gasteiger partial charge in [-0.05, 0) is 13.0 Å². The van der Waals surface area contributed by atoms with Crippen LogP contribution >= 0.6 is 0 Å². The molecule has 2 rings (SSSR count). The lowest BCUT2D eigenvalue weighted by Gasteiger charge is -1.93. The minimum absolute atomic E-state index is 0.583. The molecule has 0 fully saturated rings. The maximum absolute atomic E-state index is 5.53. The van der Waals surface area contributed by atoms with E-state index in [4.69, 9.17) is 10.2 Å². The SMILES string of the molecule is C/C(=C/c1coc2ccccc12)CN. The molecular weight excluding hydrogens is 174 g/mol. The van der Waals surface area contributed by atoms with Crippen LogP contribution in [0, 0.1) is 0 Å². The quantitative estimate of drug-likeness (QED) is 0.785. The average molecular weight is 187 g/mol. The van der Waals surface area contributed by atoms with Gasteiger partial charge in [0.25, 0.3) is 0 Å². The van der Waals surface area contributed by atoms with Gasteiger partial charge in [0.2, 0.25) is 0 Å². The van der Waals surface area contributed by atoms with Crippen LogP contribution in [0.5, 0.6) is 0 Å². The van der Waals surface area contributed by atoms with Crippen LogP contribution in [0.25, 0.3) is 17.0 Å². The van der Waals surface area contributed by atoms with Crippen LogP contribution in [-0.2, 0) is 0 Å². The highest BCUT2D eigenvalue weighted by Gasteiger charge is 2.01. The molecule has 72 valence electrons. The van der Waals surface area contributed by atoms with Gasteiger partial charge in [0.1, 0.15) is 5.58 Å². The molecule has 2 nitrogen and oxygen atoms in total. The van der Waals surface area contributed by atoms with Crippen molar-refractivity contribution in [3.63, 3.8) is 0 Å². The number of fused-ring (bicyclic) bond motifs is 1. The summed E-state index contributed by atoms with van der Waals surface area (Å²) in [5, 5.41) is 1.14. The van der Waals surface area contributed by atoms with Crippen molar-refractivity contribution in [3.8, 4) is 0 Å². The molecule has 0 amide bonds. The largest absolute Gasteiger partial charge is 0.464 e. The van der Waals surface area contributed by atoms with Crippen LogP contribution in [0.2, 0.25) is 0 Å². The van der Waals surface area contributed by atoms with Crippen molar-refractivity contribution in [2.75, 3.05) is 6.54 Å². The number of para-hydroxylation sites is 1. The van der Waals surface area contributed by atoms with E-state index >= 15 is 0 Å². The molecule has 0 saturated carbocycles. The highest BCUT2D eigenvalue weighted by atomic mass is 16.3. The summed E-state index contributed by atoms with van der Waals surface area (Å²) in [6.07, 6.45) is 3.83. The van der Waals surface area contributed by atoms with Gasteiger partial charge in [-0.3, -0.25) is 0 Å². The van der Waals surface area contributed by atoms with Crippen molar-refractivity contribution in [2.45, 2.75) is 6.92 Å². The van der Waals surface area contributed by atoms with E-state index in [9.17, 15) is 0 Å². The molecule has 1 aromatic carbocycles. The van der Waals surface area contributed by atoms with Gasteiger partial charge in [-0.15, -0.1) is 0 Å². The first-order valence-electron chi connectivity index (χ1n) is 4.65. The summed E-state index contributed by atoms with van der Waals surface area (Å²) in [5.41, 5.74) is 8.70. The lowest BCUT2D eigenvalue weighted by Crippen LogP contribution is -1.98. The molecule has 0 aliphatic heterocycles. The third-order valence-corrected chi connectivity index (χ3v) is 2.23. The fraction of sp³-hybridized carbons (Fsp3) is 0.167. The van der Waals surface area contributed by atoms with E-state index < -0.39 is 0 Å². The highest BCUT2D eigenvalue weighted by Crippen LogP contribution is 2.22. The number of rotatable bonds is 2. The van der Waals surface area contributed by atoms with E-state index in [1.54, 1.807) is 6.26 Å². The summed E-state index contributed by atoms with van der Waals surface area (Å²) in [7, 11) is 0. The first-order valence-corrected chi connectivity index (χ1v) is 4.65. The Bertz CT molecular complexity index is 468. The zero-order chi connectivity index (χ0) is 9.97. The first kappa shape index (κ1) is 9.03. The summed E-state index contributed by atoms with van der Waals surface area (Å²) in [4.78, 5) is 0. The Morgan fingerprint density at radius 2 is 2.21 bits per heavy atom. The maximum atomic E-state index is 5.53. The fourth-order valence-corrected chi connectivity index (χ4v) is 1.43. The standard InChI is InChI=1S/C12H13NO/c1-9(7-13)6-10-8-14-12-5-3-2-4-11(10)12/h2-6,8H,7,13H2,1H3/b9-6-. The molecule has 1 heterocycles. The normalized spacial score (nSPS) is 12.3. The Labute approximate surface area is 83.0 Å². The number of nitrogens with two attached hydrogens (primary N) is 1. The van der Waals surface area contributed by atoms with Gasteiger partial charge in [0.15, 0.2) is 0 Å². The van der Waals surface area contributed by atoms with E-state index in [1.165, 1.54) is 0 Å². The summed E-state index contributed by atoms with van der Waals surface area (Å²) in [6, 6.07) is 7.99. The second-order valence-corrected chi connectivity index (χ2v) is 3.38. The average Bonchev–Trinajstić information content (AvgIpc) is 2.62. The van der Waals surface area contributed by atoms with E-state index in [0.29, 0.717) is 6.54 Å². The molecule has 0 aliphatic carbocycles. The van der Waals surface area contributed by atoms with Gasteiger partial charge in [0, 0.05) is 17.5 Å². The van der Waals surface area contributed by atoms with E-state index in [0.717, 1.165) is 22.1 Å². The molecule has 0 radical (unpaired) electrons. The predicted octanol–water partition coefficient (Wildman–Crippen LogP) is 2.79. The Morgan fingerprint density at radius 1 is 1.43 bits per heavy atom. The summed E-state index contributed by atoms with van der Waals surface area (Å²) >= 11 is 0. The summed E-state index contributed by atoms with van der Waals surface area (Å²) < 4.78 is 5.41. The Hall–Kier alpha value is -1.54. The topological polar surface area (TPSA) is 39.2 Å². The minimum Gasteiger partial charge on any atom is -0.464 e. The van der Waals surface area contributed by atoms with Crippen molar-refractivity contribution in [2.24, 2.45) is 5.73 Å². The van der Waals surface area contributed by atoms with Crippen LogP contribution in [0.4, 0.5) is 0 Å². The number of hydrogen-bond donors (Lipinski definition) is 1. The van der Waals surface area contributed by atoms with Gasteiger partial charge in [-0.25, -0.2) is 0 Å². The van der Waals surface area contributed by atoms with E-state index in [-0.39, 0.29) is 0 Å². The molecule has 14 heavy (non-hydrogen) atoms. The second-order valence-electron chi connectivity index (χ2n) is 3.38. The number of furan rings is 1. The summed E-state index contributed by atoms with van der Waals surface area (Å²) in [5.74, 6) is 0. The van der Waals surface area contributed by atoms with E-state index in [2.05, 4.69) is 12.1 Å². The third kappa shape index (κ3) is 1.56. The van der Waals surface area contributed by atoms with Crippen molar-refractivity contribution in [3.05, 3.63) is 41.7 Å². The van der Waals surface area contributed by atoms with Gasteiger partial charge in [0.05, 0.1) is 6.26 Å². The van der Waals surface area contributed by atoms with Crippen molar-refractivity contribution in [1.29, 1.82) is 0 Å². The van der Waals surface area contributed by atoms with Crippen molar-refractivity contribution < 1.29 is 4.42 Å². The van der Waals surface area contributed by atoms with Crippen molar-refractivity contribution >= 4 is 17.0 Å².